The second-order valence-corrected chi connectivity index (χ2v) is 5.31. The lowest BCUT2D eigenvalue weighted by molar-refractivity contribution is 0.141. The van der Waals surface area contributed by atoms with Crippen molar-refractivity contribution in [3.8, 4) is 5.75 Å². The van der Waals surface area contributed by atoms with Gasteiger partial charge in [-0.3, -0.25) is 0 Å². The largest absolute Gasteiger partial charge is 0.490 e. The number of aliphatic hydroxyl groups excluding tert-OH is 1. The van der Waals surface area contributed by atoms with Gasteiger partial charge in [0.05, 0.1) is 13.2 Å². The zero-order valence-electron chi connectivity index (χ0n) is 11.0. The summed E-state index contributed by atoms with van der Waals surface area (Å²) in [5.74, 6) is -1.20. The highest BCUT2D eigenvalue weighted by atomic mass is 19.1. The van der Waals surface area contributed by atoms with Crippen LogP contribution in [-0.2, 0) is 0 Å². The van der Waals surface area contributed by atoms with Gasteiger partial charge >= 0.3 is 0 Å². The third-order valence-electron chi connectivity index (χ3n) is 3.28. The Morgan fingerprint density at radius 1 is 1.42 bits per heavy atom. The van der Waals surface area contributed by atoms with E-state index in [-0.39, 0.29) is 19.0 Å². The fraction of sp³-hybridized carbons (Fsp3) is 0.571. The number of hydrogen-bond acceptors (Lipinski definition) is 3. The first-order valence-electron chi connectivity index (χ1n) is 6.49. The van der Waals surface area contributed by atoms with Crippen LogP contribution in [0.3, 0.4) is 0 Å². The number of ether oxygens (including phenoxy) is 1. The number of hydrogen-bond donors (Lipinski definition) is 2. The number of benzene rings is 1. The van der Waals surface area contributed by atoms with Gasteiger partial charge in [0.1, 0.15) is 5.82 Å². The van der Waals surface area contributed by atoms with Crippen molar-refractivity contribution < 1.29 is 18.6 Å². The molecule has 1 aliphatic carbocycles. The first kappa shape index (κ1) is 14.2. The summed E-state index contributed by atoms with van der Waals surface area (Å²) in [4.78, 5) is 0. The van der Waals surface area contributed by atoms with Gasteiger partial charge in [-0.2, -0.15) is 0 Å². The minimum atomic E-state index is -0.581. The molecule has 106 valence electrons. The van der Waals surface area contributed by atoms with Gasteiger partial charge in [-0.1, -0.05) is 0 Å². The molecule has 3 nitrogen and oxygen atoms in total. The summed E-state index contributed by atoms with van der Waals surface area (Å²) >= 11 is 0. The van der Waals surface area contributed by atoms with Crippen LogP contribution in [0, 0.1) is 11.6 Å². The van der Waals surface area contributed by atoms with Gasteiger partial charge < -0.3 is 15.2 Å². The Labute approximate surface area is 111 Å². The average molecular weight is 271 g/mol. The van der Waals surface area contributed by atoms with E-state index in [1.807, 2.05) is 6.92 Å². The van der Waals surface area contributed by atoms with Crippen LogP contribution in [0.4, 0.5) is 8.78 Å². The summed E-state index contributed by atoms with van der Waals surface area (Å²) in [5, 5.41) is 12.7. The van der Waals surface area contributed by atoms with E-state index in [2.05, 4.69) is 5.32 Å². The van der Waals surface area contributed by atoms with Crippen LogP contribution in [0.1, 0.15) is 26.2 Å². The summed E-state index contributed by atoms with van der Waals surface area (Å²) < 4.78 is 31.5. The zero-order chi connectivity index (χ0) is 13.9. The van der Waals surface area contributed by atoms with Crippen molar-refractivity contribution in [2.45, 2.75) is 37.8 Å². The molecule has 0 saturated heterocycles. The Hall–Kier alpha value is -1.20. The molecular formula is C14H19F2NO2. The van der Waals surface area contributed by atoms with Gasteiger partial charge in [0.15, 0.2) is 11.6 Å². The highest BCUT2D eigenvalue weighted by molar-refractivity contribution is 5.24. The van der Waals surface area contributed by atoms with Crippen LogP contribution in [0.15, 0.2) is 18.2 Å². The van der Waals surface area contributed by atoms with E-state index >= 15 is 0 Å². The molecule has 0 aliphatic heterocycles. The molecule has 1 aromatic carbocycles. The number of nitrogens with one attached hydrogen (secondary N) is 1. The molecule has 2 rings (SSSR count). The van der Waals surface area contributed by atoms with Crippen LogP contribution in [0.25, 0.3) is 0 Å². The van der Waals surface area contributed by atoms with Crippen LogP contribution in [-0.4, -0.2) is 29.9 Å². The summed E-state index contributed by atoms with van der Waals surface area (Å²) in [6.07, 6.45) is 2.76. The number of aliphatic hydroxyl groups is 1. The maximum atomic E-state index is 13.3. The van der Waals surface area contributed by atoms with Crippen LogP contribution < -0.4 is 10.1 Å². The van der Waals surface area contributed by atoms with Gasteiger partial charge in [-0.05, 0) is 31.9 Å². The molecule has 1 atom stereocenters. The first-order chi connectivity index (χ1) is 9.02. The lowest BCUT2D eigenvalue weighted by Gasteiger charge is -2.29. The molecule has 19 heavy (non-hydrogen) atoms. The molecule has 0 spiro atoms. The maximum absolute atomic E-state index is 13.3. The van der Waals surface area contributed by atoms with Gasteiger partial charge in [-0.25, -0.2) is 8.78 Å². The minimum absolute atomic E-state index is 0.0154. The van der Waals surface area contributed by atoms with E-state index in [9.17, 15) is 13.9 Å². The van der Waals surface area contributed by atoms with Crippen molar-refractivity contribution in [2.24, 2.45) is 0 Å². The molecule has 0 amide bonds. The Morgan fingerprint density at radius 3 is 2.79 bits per heavy atom. The molecular weight excluding hydrogens is 252 g/mol. The molecule has 1 saturated carbocycles. The highest BCUT2D eigenvalue weighted by Crippen LogP contribution is 2.24. The molecule has 1 fully saturated rings. The van der Waals surface area contributed by atoms with Gasteiger partial charge in [0, 0.05) is 24.1 Å². The highest BCUT2D eigenvalue weighted by Gasteiger charge is 2.31. The van der Waals surface area contributed by atoms with Crippen molar-refractivity contribution in [2.75, 3.05) is 13.2 Å². The van der Waals surface area contributed by atoms with E-state index in [1.165, 1.54) is 0 Å². The Balaban J connectivity index is 1.85. The second kappa shape index (κ2) is 5.84. The molecule has 1 aliphatic rings. The van der Waals surface area contributed by atoms with E-state index in [0.717, 1.165) is 31.0 Å². The number of halogens is 2. The maximum Gasteiger partial charge on any atom is 0.165 e. The summed E-state index contributed by atoms with van der Waals surface area (Å²) in [6.45, 7) is 2.10. The normalized spacial score (nSPS) is 18.1. The van der Waals surface area contributed by atoms with Gasteiger partial charge in [0.25, 0.3) is 0 Å². The van der Waals surface area contributed by atoms with Crippen molar-refractivity contribution in [3.63, 3.8) is 0 Å². The van der Waals surface area contributed by atoms with E-state index in [4.69, 9.17) is 4.74 Å². The lowest BCUT2D eigenvalue weighted by Crippen LogP contribution is -2.48. The van der Waals surface area contributed by atoms with Crippen LogP contribution in [0.2, 0.25) is 0 Å². The van der Waals surface area contributed by atoms with Crippen LogP contribution >= 0.6 is 0 Å². The molecule has 0 bridgehead atoms. The van der Waals surface area contributed by atoms with Gasteiger partial charge in [0.2, 0.25) is 0 Å². The standard InChI is InChI=1S/C14H19F2NO2/c1-14(9-18,17-11-3-4-11)6-7-19-13-8-10(15)2-5-12(13)16/h2,5,8,11,17-18H,3-4,6-7,9H2,1H3. The molecule has 0 radical (unpaired) electrons. The quantitative estimate of drug-likeness (QED) is 0.799. The fourth-order valence-corrected chi connectivity index (χ4v) is 1.89. The summed E-state index contributed by atoms with van der Waals surface area (Å²) in [5.41, 5.74) is -0.440. The average Bonchev–Trinajstić information content (AvgIpc) is 3.17. The van der Waals surface area contributed by atoms with E-state index < -0.39 is 17.2 Å². The minimum Gasteiger partial charge on any atom is -0.490 e. The second-order valence-electron chi connectivity index (χ2n) is 5.31. The van der Waals surface area contributed by atoms with Gasteiger partial charge in [-0.15, -0.1) is 0 Å². The third-order valence-corrected chi connectivity index (χ3v) is 3.28. The smallest absolute Gasteiger partial charge is 0.165 e. The monoisotopic (exact) mass is 271 g/mol. The lowest BCUT2D eigenvalue weighted by atomic mass is 9.99. The SMILES string of the molecule is CC(CO)(CCOc1cc(F)ccc1F)NC1CC1. The predicted molar refractivity (Wildman–Crippen MR) is 68.1 cm³/mol. The Kier molecular flexibility index (Phi) is 4.37. The fourth-order valence-electron chi connectivity index (χ4n) is 1.89. The molecule has 5 heteroatoms. The van der Waals surface area contributed by atoms with Crippen molar-refractivity contribution in [3.05, 3.63) is 29.8 Å². The molecule has 0 aromatic heterocycles. The molecule has 1 aromatic rings. The Bertz CT molecular complexity index is 437. The van der Waals surface area contributed by atoms with E-state index in [0.29, 0.717) is 12.5 Å². The number of rotatable bonds is 7. The van der Waals surface area contributed by atoms with E-state index in [1.54, 1.807) is 0 Å². The molecule has 2 N–H and O–H groups in total. The third kappa shape index (κ3) is 4.14. The topological polar surface area (TPSA) is 41.5 Å². The summed E-state index contributed by atoms with van der Waals surface area (Å²) in [7, 11) is 0. The predicted octanol–water partition coefficient (Wildman–Crippen LogP) is 2.24. The van der Waals surface area contributed by atoms with Crippen molar-refractivity contribution >= 4 is 0 Å². The van der Waals surface area contributed by atoms with Crippen molar-refractivity contribution in [1.29, 1.82) is 0 Å². The molecule has 1 unspecified atom stereocenters. The molecule has 0 heterocycles. The first-order valence-corrected chi connectivity index (χ1v) is 6.49. The summed E-state index contributed by atoms with van der Waals surface area (Å²) in [6, 6.07) is 3.58. The van der Waals surface area contributed by atoms with Crippen molar-refractivity contribution in [1.82, 2.24) is 5.32 Å². The van der Waals surface area contributed by atoms with Crippen LogP contribution in [0.5, 0.6) is 5.75 Å². The Morgan fingerprint density at radius 2 is 2.16 bits per heavy atom. The zero-order valence-corrected chi connectivity index (χ0v) is 11.0.